The lowest BCUT2D eigenvalue weighted by Gasteiger charge is -2.20. The Kier molecular flexibility index (Phi) is 4.60. The Hall–Kier alpha value is -2.63. The van der Waals surface area contributed by atoms with Crippen LogP contribution >= 0.6 is 0 Å². The maximum absolute atomic E-state index is 11.0. The highest BCUT2D eigenvalue weighted by atomic mass is 16.5. The molecule has 0 fully saturated rings. The highest BCUT2D eigenvalue weighted by molar-refractivity contribution is 5.85. The largest absolute Gasteiger partial charge is 0.496 e. The molecule has 0 spiro atoms. The second kappa shape index (κ2) is 6.43. The molecule has 0 radical (unpaired) electrons. The van der Waals surface area contributed by atoms with Gasteiger partial charge < -0.3 is 14.7 Å². The van der Waals surface area contributed by atoms with E-state index in [0.29, 0.717) is 12.4 Å². The molecule has 0 atom stereocenters. The fourth-order valence-electron chi connectivity index (χ4n) is 2.29. The molecule has 2 heterocycles. The van der Waals surface area contributed by atoms with Crippen LogP contribution in [0.3, 0.4) is 0 Å². The van der Waals surface area contributed by atoms with Gasteiger partial charge in [-0.15, -0.1) is 0 Å². The fourth-order valence-corrected chi connectivity index (χ4v) is 2.29. The Morgan fingerprint density at radius 2 is 2.09 bits per heavy atom. The molecular formula is C16H19N3O3. The lowest BCUT2D eigenvalue weighted by Crippen LogP contribution is -2.20. The van der Waals surface area contributed by atoms with E-state index >= 15 is 0 Å². The van der Waals surface area contributed by atoms with Gasteiger partial charge in [-0.3, -0.25) is 4.98 Å². The molecule has 116 valence electrons. The molecule has 0 saturated carbocycles. The molecule has 0 aliphatic carbocycles. The lowest BCUT2D eigenvalue weighted by atomic mass is 10.1. The second-order valence-corrected chi connectivity index (χ2v) is 5.09. The summed E-state index contributed by atoms with van der Waals surface area (Å²) in [5.41, 5.74) is 2.85. The molecule has 0 amide bonds. The van der Waals surface area contributed by atoms with Crippen molar-refractivity contribution in [2.24, 2.45) is 0 Å². The molecule has 2 aromatic rings. The van der Waals surface area contributed by atoms with Crippen LogP contribution in [-0.2, 0) is 6.54 Å². The molecule has 2 rings (SSSR count). The smallest absolute Gasteiger partial charge is 0.354 e. The van der Waals surface area contributed by atoms with Gasteiger partial charge in [0.2, 0.25) is 0 Å². The lowest BCUT2D eigenvalue weighted by molar-refractivity contribution is 0.0690. The highest BCUT2D eigenvalue weighted by Crippen LogP contribution is 2.25. The first-order chi connectivity index (χ1) is 10.4. The third-order valence-corrected chi connectivity index (χ3v) is 3.48. The summed E-state index contributed by atoms with van der Waals surface area (Å²) < 4.78 is 5.40. The van der Waals surface area contributed by atoms with E-state index in [1.54, 1.807) is 25.4 Å². The summed E-state index contributed by atoms with van der Waals surface area (Å²) in [6, 6.07) is 4.92. The first kappa shape index (κ1) is 15.8. The minimum Gasteiger partial charge on any atom is -0.496 e. The maximum atomic E-state index is 11.0. The van der Waals surface area contributed by atoms with Gasteiger partial charge in [0.15, 0.2) is 5.69 Å². The predicted molar refractivity (Wildman–Crippen MR) is 83.6 cm³/mol. The number of carboxylic acids is 1. The maximum Gasteiger partial charge on any atom is 0.354 e. The van der Waals surface area contributed by atoms with Crippen molar-refractivity contribution >= 4 is 11.8 Å². The summed E-state index contributed by atoms with van der Waals surface area (Å²) in [6.07, 6.45) is 1.77. The number of hydrogen-bond donors (Lipinski definition) is 1. The van der Waals surface area contributed by atoms with Crippen molar-refractivity contribution in [2.45, 2.75) is 20.4 Å². The summed E-state index contributed by atoms with van der Waals surface area (Å²) in [5, 5.41) is 9.01. The third-order valence-electron chi connectivity index (χ3n) is 3.48. The van der Waals surface area contributed by atoms with Crippen molar-refractivity contribution in [3.8, 4) is 5.75 Å². The van der Waals surface area contributed by atoms with Crippen LogP contribution in [0.2, 0.25) is 0 Å². The number of ether oxygens (including phenoxy) is 1. The van der Waals surface area contributed by atoms with Crippen molar-refractivity contribution in [1.29, 1.82) is 0 Å². The van der Waals surface area contributed by atoms with E-state index in [1.165, 1.54) is 6.07 Å². The van der Waals surface area contributed by atoms with Gasteiger partial charge in [0.05, 0.1) is 19.3 Å². The zero-order chi connectivity index (χ0) is 16.3. The summed E-state index contributed by atoms with van der Waals surface area (Å²) in [6.45, 7) is 4.42. The van der Waals surface area contributed by atoms with Gasteiger partial charge in [-0.05, 0) is 26.0 Å². The van der Waals surface area contributed by atoms with Crippen molar-refractivity contribution in [3.05, 3.63) is 46.9 Å². The molecule has 2 aromatic heterocycles. The minimum absolute atomic E-state index is 0.0236. The summed E-state index contributed by atoms with van der Waals surface area (Å²) in [5.74, 6) is 0.368. The highest BCUT2D eigenvalue weighted by Gasteiger charge is 2.13. The van der Waals surface area contributed by atoms with E-state index in [9.17, 15) is 4.79 Å². The van der Waals surface area contributed by atoms with E-state index in [2.05, 4.69) is 9.97 Å². The number of aromatic nitrogens is 2. The Labute approximate surface area is 129 Å². The predicted octanol–water partition coefficient (Wildman–Crippen LogP) is 2.44. The number of carboxylic acid groups (broad SMARTS) is 1. The number of pyridine rings is 2. The Morgan fingerprint density at radius 3 is 2.73 bits per heavy atom. The van der Waals surface area contributed by atoms with Gasteiger partial charge in [0, 0.05) is 24.4 Å². The topological polar surface area (TPSA) is 75.5 Å². The van der Waals surface area contributed by atoms with Crippen molar-refractivity contribution in [2.75, 3.05) is 19.1 Å². The molecule has 0 unspecified atom stereocenters. The van der Waals surface area contributed by atoms with Crippen molar-refractivity contribution in [3.63, 3.8) is 0 Å². The molecule has 22 heavy (non-hydrogen) atoms. The Balaban J connectivity index is 2.27. The van der Waals surface area contributed by atoms with Gasteiger partial charge in [0.25, 0.3) is 0 Å². The number of methoxy groups -OCH3 is 1. The first-order valence-corrected chi connectivity index (χ1v) is 6.84. The molecule has 0 bridgehead atoms. The van der Waals surface area contributed by atoms with Crippen molar-refractivity contribution < 1.29 is 14.6 Å². The number of hydrogen-bond acceptors (Lipinski definition) is 5. The molecular weight excluding hydrogens is 282 g/mol. The molecule has 6 heteroatoms. The fraction of sp³-hybridized carbons (Fsp3) is 0.312. The van der Waals surface area contributed by atoms with E-state index in [0.717, 1.165) is 22.6 Å². The number of aromatic carboxylic acids is 1. The van der Waals surface area contributed by atoms with Gasteiger partial charge in [0.1, 0.15) is 11.6 Å². The quantitative estimate of drug-likeness (QED) is 0.914. The van der Waals surface area contributed by atoms with Gasteiger partial charge in [-0.2, -0.15) is 0 Å². The number of carbonyl (C=O) groups is 1. The van der Waals surface area contributed by atoms with Gasteiger partial charge >= 0.3 is 5.97 Å². The van der Waals surface area contributed by atoms with Crippen LogP contribution in [0.5, 0.6) is 5.75 Å². The zero-order valence-electron chi connectivity index (χ0n) is 13.1. The van der Waals surface area contributed by atoms with E-state index in [-0.39, 0.29) is 5.69 Å². The average Bonchev–Trinajstić information content (AvgIpc) is 2.50. The van der Waals surface area contributed by atoms with Crippen LogP contribution in [-0.4, -0.2) is 35.2 Å². The third kappa shape index (κ3) is 3.16. The number of aryl methyl sites for hydroxylation is 1. The molecule has 0 aliphatic heterocycles. The molecule has 0 aromatic carbocycles. The SMILES string of the molecule is COc1c(C)cnc(CN(C)c2cccc(C(=O)O)n2)c1C. The van der Waals surface area contributed by atoms with Gasteiger partial charge in [-0.25, -0.2) is 9.78 Å². The Bertz CT molecular complexity index is 701. The summed E-state index contributed by atoms with van der Waals surface area (Å²) >= 11 is 0. The van der Waals surface area contributed by atoms with E-state index in [1.807, 2.05) is 25.8 Å². The van der Waals surface area contributed by atoms with Crippen LogP contribution in [0.25, 0.3) is 0 Å². The van der Waals surface area contributed by atoms with Crippen LogP contribution in [0.4, 0.5) is 5.82 Å². The Morgan fingerprint density at radius 1 is 1.36 bits per heavy atom. The summed E-state index contributed by atoms with van der Waals surface area (Å²) in [4.78, 5) is 21.4. The van der Waals surface area contributed by atoms with Crippen LogP contribution in [0.1, 0.15) is 27.3 Å². The second-order valence-electron chi connectivity index (χ2n) is 5.09. The standard InChI is InChI=1S/C16H19N3O3/c1-10-8-17-13(11(2)15(10)22-4)9-19(3)14-7-5-6-12(18-14)16(20)21/h5-8H,9H2,1-4H3,(H,20,21). The zero-order valence-corrected chi connectivity index (χ0v) is 13.1. The van der Waals surface area contributed by atoms with Crippen molar-refractivity contribution in [1.82, 2.24) is 9.97 Å². The van der Waals surface area contributed by atoms with Crippen LogP contribution in [0, 0.1) is 13.8 Å². The monoisotopic (exact) mass is 301 g/mol. The number of nitrogens with zero attached hydrogens (tertiary/aromatic N) is 3. The van der Waals surface area contributed by atoms with Crippen LogP contribution in [0.15, 0.2) is 24.4 Å². The molecule has 0 saturated heterocycles. The van der Waals surface area contributed by atoms with E-state index in [4.69, 9.17) is 9.84 Å². The average molecular weight is 301 g/mol. The molecule has 1 N–H and O–H groups in total. The summed E-state index contributed by atoms with van der Waals surface area (Å²) in [7, 11) is 3.49. The van der Waals surface area contributed by atoms with E-state index < -0.39 is 5.97 Å². The van der Waals surface area contributed by atoms with Crippen LogP contribution < -0.4 is 9.64 Å². The normalized spacial score (nSPS) is 10.4. The minimum atomic E-state index is -1.04. The number of rotatable bonds is 5. The molecule has 0 aliphatic rings. The number of anilines is 1. The first-order valence-electron chi connectivity index (χ1n) is 6.84. The van der Waals surface area contributed by atoms with Gasteiger partial charge in [-0.1, -0.05) is 6.07 Å². The molecule has 6 nitrogen and oxygen atoms in total.